The monoisotopic (exact) mass is 158 g/mol. The molecule has 1 aliphatic rings. The predicted octanol–water partition coefficient (Wildman–Crippen LogP) is 1.12. The standard InChI is InChI=1S/C8H14O3/c1-3-6-7(11-6)5-10-8(9)4-2/h6-7H,3-5H2,1-2H3. The summed E-state index contributed by atoms with van der Waals surface area (Å²) in [6, 6.07) is 0. The van der Waals surface area contributed by atoms with Gasteiger partial charge < -0.3 is 9.47 Å². The van der Waals surface area contributed by atoms with E-state index in [0.717, 1.165) is 6.42 Å². The Morgan fingerprint density at radius 1 is 1.45 bits per heavy atom. The van der Waals surface area contributed by atoms with Crippen LogP contribution in [0.2, 0.25) is 0 Å². The molecular formula is C8H14O3. The molecule has 0 aliphatic carbocycles. The molecule has 64 valence electrons. The van der Waals surface area contributed by atoms with Crippen molar-refractivity contribution >= 4 is 5.97 Å². The van der Waals surface area contributed by atoms with Gasteiger partial charge in [-0.2, -0.15) is 0 Å². The second-order valence-corrected chi connectivity index (χ2v) is 2.66. The van der Waals surface area contributed by atoms with Crippen LogP contribution in [0.1, 0.15) is 26.7 Å². The Hall–Kier alpha value is -0.570. The third-order valence-electron chi connectivity index (χ3n) is 1.79. The van der Waals surface area contributed by atoms with E-state index in [-0.39, 0.29) is 12.1 Å². The van der Waals surface area contributed by atoms with Crippen LogP contribution < -0.4 is 0 Å². The smallest absolute Gasteiger partial charge is 0.305 e. The van der Waals surface area contributed by atoms with Crippen molar-refractivity contribution in [2.24, 2.45) is 0 Å². The van der Waals surface area contributed by atoms with E-state index in [2.05, 4.69) is 6.92 Å². The molecule has 1 saturated heterocycles. The number of hydrogen-bond donors (Lipinski definition) is 0. The second-order valence-electron chi connectivity index (χ2n) is 2.66. The zero-order valence-corrected chi connectivity index (χ0v) is 7.00. The number of carbonyl (C=O) groups is 1. The Balaban J connectivity index is 2.01. The third kappa shape index (κ3) is 2.50. The van der Waals surface area contributed by atoms with Crippen molar-refractivity contribution < 1.29 is 14.3 Å². The fourth-order valence-electron chi connectivity index (χ4n) is 0.962. The van der Waals surface area contributed by atoms with Crippen molar-refractivity contribution in [1.82, 2.24) is 0 Å². The SMILES string of the molecule is CCC(=O)OCC1OC1CC. The van der Waals surface area contributed by atoms with Crippen molar-refractivity contribution in [3.05, 3.63) is 0 Å². The number of ether oxygens (including phenoxy) is 2. The van der Waals surface area contributed by atoms with Crippen LogP contribution in [0.3, 0.4) is 0 Å². The first-order valence-electron chi connectivity index (χ1n) is 4.09. The molecule has 0 radical (unpaired) electrons. The van der Waals surface area contributed by atoms with Gasteiger partial charge in [-0.1, -0.05) is 13.8 Å². The molecule has 0 spiro atoms. The maximum Gasteiger partial charge on any atom is 0.305 e. The number of esters is 1. The van der Waals surface area contributed by atoms with E-state index >= 15 is 0 Å². The molecular weight excluding hydrogens is 144 g/mol. The molecule has 0 saturated carbocycles. The van der Waals surface area contributed by atoms with Crippen molar-refractivity contribution in [1.29, 1.82) is 0 Å². The van der Waals surface area contributed by atoms with E-state index < -0.39 is 0 Å². The Bertz CT molecular complexity index is 144. The van der Waals surface area contributed by atoms with Gasteiger partial charge in [-0.3, -0.25) is 4.79 Å². The van der Waals surface area contributed by atoms with Crippen LogP contribution in [0.5, 0.6) is 0 Å². The summed E-state index contributed by atoms with van der Waals surface area (Å²) in [5.74, 6) is -0.143. The zero-order valence-electron chi connectivity index (χ0n) is 7.00. The third-order valence-corrected chi connectivity index (χ3v) is 1.79. The largest absolute Gasteiger partial charge is 0.463 e. The summed E-state index contributed by atoms with van der Waals surface area (Å²) >= 11 is 0. The first-order valence-corrected chi connectivity index (χ1v) is 4.09. The zero-order chi connectivity index (χ0) is 8.27. The Morgan fingerprint density at radius 2 is 2.18 bits per heavy atom. The molecule has 1 fully saturated rings. The van der Waals surface area contributed by atoms with E-state index in [0.29, 0.717) is 19.1 Å². The minimum absolute atomic E-state index is 0.143. The van der Waals surface area contributed by atoms with Gasteiger partial charge in [0.1, 0.15) is 12.7 Å². The maximum atomic E-state index is 10.7. The van der Waals surface area contributed by atoms with E-state index in [4.69, 9.17) is 9.47 Å². The van der Waals surface area contributed by atoms with Crippen LogP contribution in [0.15, 0.2) is 0 Å². The summed E-state index contributed by atoms with van der Waals surface area (Å²) in [6.07, 6.45) is 1.97. The number of epoxide rings is 1. The van der Waals surface area contributed by atoms with Gasteiger partial charge in [0.2, 0.25) is 0 Å². The number of carbonyl (C=O) groups excluding carboxylic acids is 1. The maximum absolute atomic E-state index is 10.7. The van der Waals surface area contributed by atoms with Crippen molar-refractivity contribution in [2.75, 3.05) is 6.61 Å². The molecule has 11 heavy (non-hydrogen) atoms. The first kappa shape index (κ1) is 8.53. The molecule has 1 aliphatic heterocycles. The van der Waals surface area contributed by atoms with Crippen LogP contribution in [0, 0.1) is 0 Å². The molecule has 2 atom stereocenters. The molecule has 0 bridgehead atoms. The molecule has 1 heterocycles. The molecule has 2 unspecified atom stereocenters. The van der Waals surface area contributed by atoms with E-state index in [9.17, 15) is 4.79 Å². The van der Waals surface area contributed by atoms with Crippen molar-refractivity contribution in [3.8, 4) is 0 Å². The Morgan fingerprint density at radius 3 is 2.64 bits per heavy atom. The van der Waals surface area contributed by atoms with Crippen LogP contribution in [0.25, 0.3) is 0 Å². The summed E-state index contributed by atoms with van der Waals surface area (Å²) in [7, 11) is 0. The molecule has 0 aromatic rings. The second kappa shape index (κ2) is 3.72. The van der Waals surface area contributed by atoms with Gasteiger partial charge in [0.25, 0.3) is 0 Å². The summed E-state index contributed by atoms with van der Waals surface area (Å²) < 4.78 is 10.1. The van der Waals surface area contributed by atoms with Crippen molar-refractivity contribution in [2.45, 2.75) is 38.9 Å². The molecule has 3 nitrogen and oxygen atoms in total. The van der Waals surface area contributed by atoms with Gasteiger partial charge in [0.05, 0.1) is 6.10 Å². The summed E-state index contributed by atoms with van der Waals surface area (Å²) in [4.78, 5) is 10.7. The first-order chi connectivity index (χ1) is 5.27. The topological polar surface area (TPSA) is 38.8 Å². The van der Waals surface area contributed by atoms with Gasteiger partial charge in [-0.05, 0) is 6.42 Å². The summed E-state index contributed by atoms with van der Waals surface area (Å²) in [5.41, 5.74) is 0. The quantitative estimate of drug-likeness (QED) is 0.454. The van der Waals surface area contributed by atoms with Crippen LogP contribution in [0.4, 0.5) is 0 Å². The number of hydrogen-bond acceptors (Lipinski definition) is 3. The van der Waals surface area contributed by atoms with Gasteiger partial charge in [-0.25, -0.2) is 0 Å². The van der Waals surface area contributed by atoms with Crippen molar-refractivity contribution in [3.63, 3.8) is 0 Å². The van der Waals surface area contributed by atoms with E-state index in [1.54, 1.807) is 6.92 Å². The van der Waals surface area contributed by atoms with Gasteiger partial charge in [0.15, 0.2) is 0 Å². The fraction of sp³-hybridized carbons (Fsp3) is 0.875. The highest BCUT2D eigenvalue weighted by Gasteiger charge is 2.37. The van der Waals surface area contributed by atoms with Crippen LogP contribution in [-0.4, -0.2) is 24.8 Å². The van der Waals surface area contributed by atoms with Crippen LogP contribution >= 0.6 is 0 Å². The minimum atomic E-state index is -0.143. The molecule has 0 amide bonds. The fourth-order valence-corrected chi connectivity index (χ4v) is 0.962. The minimum Gasteiger partial charge on any atom is -0.463 e. The highest BCUT2D eigenvalue weighted by molar-refractivity contribution is 5.68. The molecule has 1 rings (SSSR count). The normalized spacial score (nSPS) is 28.2. The number of rotatable bonds is 4. The van der Waals surface area contributed by atoms with Gasteiger partial charge >= 0.3 is 5.97 Å². The lowest BCUT2D eigenvalue weighted by Crippen LogP contribution is -2.09. The summed E-state index contributed by atoms with van der Waals surface area (Å²) in [6.45, 7) is 4.28. The average Bonchev–Trinajstić information content (AvgIpc) is 2.78. The van der Waals surface area contributed by atoms with E-state index in [1.807, 2.05) is 0 Å². The van der Waals surface area contributed by atoms with Crippen LogP contribution in [-0.2, 0) is 14.3 Å². The predicted molar refractivity (Wildman–Crippen MR) is 40.2 cm³/mol. The highest BCUT2D eigenvalue weighted by atomic mass is 16.6. The summed E-state index contributed by atoms with van der Waals surface area (Å²) in [5, 5.41) is 0. The lowest BCUT2D eigenvalue weighted by Gasteiger charge is -1.98. The Labute approximate surface area is 66.7 Å². The molecule has 0 N–H and O–H groups in total. The van der Waals surface area contributed by atoms with Gasteiger partial charge in [-0.15, -0.1) is 0 Å². The molecule has 3 heteroatoms. The van der Waals surface area contributed by atoms with Gasteiger partial charge in [0, 0.05) is 6.42 Å². The Kier molecular flexibility index (Phi) is 2.88. The lowest BCUT2D eigenvalue weighted by molar-refractivity contribution is -0.143. The van der Waals surface area contributed by atoms with E-state index in [1.165, 1.54) is 0 Å². The average molecular weight is 158 g/mol. The molecule has 0 aromatic carbocycles. The highest BCUT2D eigenvalue weighted by Crippen LogP contribution is 2.24. The lowest BCUT2D eigenvalue weighted by atomic mass is 10.3. The molecule has 0 aromatic heterocycles.